The van der Waals surface area contributed by atoms with E-state index in [9.17, 15) is 0 Å². The first kappa shape index (κ1) is 12.0. The van der Waals surface area contributed by atoms with E-state index in [1.54, 1.807) is 0 Å². The van der Waals surface area contributed by atoms with E-state index in [0.29, 0.717) is 5.92 Å². The zero-order valence-corrected chi connectivity index (χ0v) is 11.6. The van der Waals surface area contributed by atoms with Crippen molar-refractivity contribution in [1.82, 2.24) is 0 Å². The van der Waals surface area contributed by atoms with Gasteiger partial charge in [0, 0.05) is 5.71 Å². The van der Waals surface area contributed by atoms with Crippen molar-refractivity contribution in [2.24, 2.45) is 4.99 Å². The van der Waals surface area contributed by atoms with Gasteiger partial charge in [-0.15, -0.1) is 0 Å². The molecule has 96 valence electrons. The van der Waals surface area contributed by atoms with Gasteiger partial charge in [0.2, 0.25) is 0 Å². The number of hydrogen-bond donors (Lipinski definition) is 0. The zero-order chi connectivity index (χ0) is 12.6. The highest BCUT2D eigenvalue weighted by Gasteiger charge is 2.36. The Hall–Kier alpha value is -1.11. The van der Waals surface area contributed by atoms with Crippen molar-refractivity contribution in [2.45, 2.75) is 63.8 Å². The average Bonchev–Trinajstić information content (AvgIpc) is 2.48. The van der Waals surface area contributed by atoms with Gasteiger partial charge in [0.1, 0.15) is 0 Å². The lowest BCUT2D eigenvalue weighted by molar-refractivity contribution is 0.269. The molecule has 0 radical (unpaired) electrons. The molecule has 1 aliphatic heterocycles. The molecule has 0 aromatic heterocycles. The molecule has 1 heteroatoms. The number of rotatable bonds is 0. The molecule has 1 heterocycles. The minimum absolute atomic E-state index is 0.251. The maximum atomic E-state index is 5.18. The fraction of sp³-hybridized carbons (Fsp3) is 0.588. The van der Waals surface area contributed by atoms with Crippen molar-refractivity contribution in [3.05, 3.63) is 35.4 Å². The third-order valence-electron chi connectivity index (χ3n) is 4.76. The average molecular weight is 241 g/mol. The van der Waals surface area contributed by atoms with Crippen LogP contribution in [0.4, 0.5) is 0 Å². The second kappa shape index (κ2) is 4.53. The van der Waals surface area contributed by atoms with Crippen molar-refractivity contribution in [3.8, 4) is 0 Å². The lowest BCUT2D eigenvalue weighted by atomic mass is 9.75. The van der Waals surface area contributed by atoms with E-state index in [1.165, 1.54) is 55.4 Å². The van der Waals surface area contributed by atoms with Gasteiger partial charge in [0.25, 0.3) is 0 Å². The molecule has 1 saturated carbocycles. The summed E-state index contributed by atoms with van der Waals surface area (Å²) in [7, 11) is 0. The molecule has 1 atom stereocenters. The van der Waals surface area contributed by atoms with Gasteiger partial charge in [-0.05, 0) is 43.2 Å². The molecule has 1 nitrogen and oxygen atoms in total. The summed E-state index contributed by atoms with van der Waals surface area (Å²) in [5, 5.41) is 0. The second-order valence-corrected chi connectivity index (χ2v) is 6.17. The molecule has 1 aromatic rings. The Kier molecular flexibility index (Phi) is 3.01. The fourth-order valence-electron chi connectivity index (χ4n) is 3.92. The first-order chi connectivity index (χ1) is 8.70. The van der Waals surface area contributed by atoms with Gasteiger partial charge in [0.15, 0.2) is 0 Å². The van der Waals surface area contributed by atoms with E-state index in [1.807, 2.05) is 0 Å². The summed E-state index contributed by atoms with van der Waals surface area (Å²) in [6, 6.07) is 8.85. The molecule has 1 aliphatic carbocycles. The Morgan fingerprint density at radius 2 is 1.83 bits per heavy atom. The molecule has 2 aliphatic rings. The van der Waals surface area contributed by atoms with E-state index in [2.05, 4.69) is 38.1 Å². The Balaban J connectivity index is 2.04. The van der Waals surface area contributed by atoms with E-state index < -0.39 is 0 Å². The first-order valence-electron chi connectivity index (χ1n) is 7.36. The fourth-order valence-corrected chi connectivity index (χ4v) is 3.92. The van der Waals surface area contributed by atoms with Crippen LogP contribution < -0.4 is 0 Å². The van der Waals surface area contributed by atoms with E-state index >= 15 is 0 Å². The zero-order valence-electron chi connectivity index (χ0n) is 11.6. The highest BCUT2D eigenvalue weighted by molar-refractivity contribution is 6.00. The maximum Gasteiger partial charge on any atom is 0.0617 e. The van der Waals surface area contributed by atoms with Crippen LogP contribution in [0.25, 0.3) is 0 Å². The normalized spacial score (nSPS) is 26.3. The highest BCUT2D eigenvalue weighted by atomic mass is 14.9. The van der Waals surface area contributed by atoms with Crippen molar-refractivity contribution in [2.75, 3.05) is 0 Å². The van der Waals surface area contributed by atoms with Crippen molar-refractivity contribution in [3.63, 3.8) is 0 Å². The summed E-state index contributed by atoms with van der Waals surface area (Å²) in [6.07, 6.45) is 7.95. The molecule has 1 unspecified atom stereocenters. The molecule has 0 saturated heterocycles. The topological polar surface area (TPSA) is 12.4 Å². The van der Waals surface area contributed by atoms with E-state index in [4.69, 9.17) is 4.99 Å². The van der Waals surface area contributed by atoms with Crippen LogP contribution in [-0.2, 0) is 0 Å². The molecule has 1 fully saturated rings. The van der Waals surface area contributed by atoms with Crippen LogP contribution in [0.5, 0.6) is 0 Å². The minimum atomic E-state index is 0.251. The van der Waals surface area contributed by atoms with Crippen LogP contribution in [0.15, 0.2) is 29.3 Å². The van der Waals surface area contributed by atoms with Crippen LogP contribution in [0, 0.1) is 0 Å². The summed E-state index contributed by atoms with van der Waals surface area (Å²) in [5.41, 5.74) is 4.39. The Morgan fingerprint density at radius 3 is 2.61 bits per heavy atom. The number of benzene rings is 1. The van der Waals surface area contributed by atoms with Gasteiger partial charge in [-0.1, -0.05) is 50.5 Å². The molecule has 0 amide bonds. The Morgan fingerprint density at radius 1 is 1.11 bits per heavy atom. The van der Waals surface area contributed by atoms with Crippen LogP contribution in [0.3, 0.4) is 0 Å². The lowest BCUT2D eigenvalue weighted by Gasteiger charge is -2.35. The minimum Gasteiger partial charge on any atom is -0.283 e. The van der Waals surface area contributed by atoms with E-state index in [-0.39, 0.29) is 5.54 Å². The lowest BCUT2D eigenvalue weighted by Crippen LogP contribution is -2.31. The first-order valence-corrected chi connectivity index (χ1v) is 7.36. The molecule has 1 aromatic carbocycles. The highest BCUT2D eigenvalue weighted by Crippen LogP contribution is 2.42. The van der Waals surface area contributed by atoms with Gasteiger partial charge in [-0.3, -0.25) is 4.99 Å². The van der Waals surface area contributed by atoms with Crippen molar-refractivity contribution < 1.29 is 0 Å². The number of hydrogen-bond acceptors (Lipinski definition) is 1. The van der Waals surface area contributed by atoms with Crippen LogP contribution in [0.1, 0.15) is 69.4 Å². The summed E-state index contributed by atoms with van der Waals surface area (Å²) < 4.78 is 0. The standard InChI is InChI=1S/C17H23N/c1-13-12-17(10-6-3-7-11-17)18-14(2)16-9-5-4-8-15(13)16/h4-5,8-9,13H,3,6-7,10-12H2,1-2H3. The van der Waals surface area contributed by atoms with Gasteiger partial charge < -0.3 is 0 Å². The summed E-state index contributed by atoms with van der Waals surface area (Å²) in [4.78, 5) is 5.18. The summed E-state index contributed by atoms with van der Waals surface area (Å²) in [6.45, 7) is 4.58. The molecule has 0 bridgehead atoms. The number of fused-ring (bicyclic) bond motifs is 1. The van der Waals surface area contributed by atoms with Gasteiger partial charge in [-0.2, -0.15) is 0 Å². The number of aliphatic imine (C=N–C) groups is 1. The quantitative estimate of drug-likeness (QED) is 0.624. The molecule has 18 heavy (non-hydrogen) atoms. The third-order valence-corrected chi connectivity index (χ3v) is 4.76. The summed E-state index contributed by atoms with van der Waals surface area (Å²) >= 11 is 0. The largest absolute Gasteiger partial charge is 0.283 e. The SMILES string of the molecule is CC1=NC2(CCCCC2)CC(C)c2ccccc21. The van der Waals surface area contributed by atoms with Crippen molar-refractivity contribution >= 4 is 5.71 Å². The predicted molar refractivity (Wildman–Crippen MR) is 77.5 cm³/mol. The van der Waals surface area contributed by atoms with Crippen LogP contribution >= 0.6 is 0 Å². The van der Waals surface area contributed by atoms with Gasteiger partial charge in [0.05, 0.1) is 5.54 Å². The van der Waals surface area contributed by atoms with Crippen LogP contribution in [-0.4, -0.2) is 11.3 Å². The second-order valence-electron chi connectivity index (χ2n) is 6.17. The molecule has 1 spiro atoms. The molecular weight excluding hydrogens is 218 g/mol. The van der Waals surface area contributed by atoms with Crippen molar-refractivity contribution in [1.29, 1.82) is 0 Å². The number of nitrogens with zero attached hydrogens (tertiary/aromatic N) is 1. The van der Waals surface area contributed by atoms with Gasteiger partial charge in [-0.25, -0.2) is 0 Å². The third kappa shape index (κ3) is 2.00. The maximum absolute atomic E-state index is 5.18. The smallest absolute Gasteiger partial charge is 0.0617 e. The van der Waals surface area contributed by atoms with Crippen LogP contribution in [0.2, 0.25) is 0 Å². The summed E-state index contributed by atoms with van der Waals surface area (Å²) in [5.74, 6) is 0.639. The van der Waals surface area contributed by atoms with E-state index in [0.717, 1.165) is 0 Å². The molecule has 0 N–H and O–H groups in total. The monoisotopic (exact) mass is 241 g/mol. The van der Waals surface area contributed by atoms with Gasteiger partial charge >= 0.3 is 0 Å². The Bertz CT molecular complexity index is 466. The Labute approximate surface area is 110 Å². The molecular formula is C17H23N. The predicted octanol–water partition coefficient (Wildman–Crippen LogP) is 4.71. The molecule has 3 rings (SSSR count).